The molecular weight excluding hydrogens is 222 g/mol. The van der Waals surface area contributed by atoms with Gasteiger partial charge in [-0.1, -0.05) is 0 Å². The van der Waals surface area contributed by atoms with Crippen LogP contribution in [0.1, 0.15) is 0 Å². The highest BCUT2D eigenvalue weighted by Gasteiger charge is 1.99. The number of halogens is 1. The van der Waals surface area contributed by atoms with Crippen LogP contribution in [0, 0.1) is 0 Å². The van der Waals surface area contributed by atoms with Gasteiger partial charge in [-0.15, -0.1) is 0 Å². The van der Waals surface area contributed by atoms with Crippen LogP contribution in [0.15, 0.2) is 22.8 Å². The van der Waals surface area contributed by atoms with Gasteiger partial charge in [0, 0.05) is 13.3 Å². The zero-order chi connectivity index (χ0) is 8.81. The highest BCUT2D eigenvalue weighted by molar-refractivity contribution is 9.10. The minimum Gasteiger partial charge on any atom is -0.474 e. The predicted octanol–water partition coefficient (Wildman–Crippen LogP) is 1.87. The topological polar surface area (TPSA) is 31.4 Å². The SMILES string of the molecule is COCCOc1ncccc1Br. The summed E-state index contributed by atoms with van der Waals surface area (Å²) in [5.41, 5.74) is 0. The molecule has 1 aromatic heterocycles. The summed E-state index contributed by atoms with van der Waals surface area (Å²) in [4.78, 5) is 4.03. The van der Waals surface area contributed by atoms with E-state index in [0.717, 1.165) is 4.47 Å². The second kappa shape index (κ2) is 5.11. The fourth-order valence-electron chi connectivity index (χ4n) is 0.699. The first kappa shape index (κ1) is 9.48. The Morgan fingerprint density at radius 3 is 3.00 bits per heavy atom. The Morgan fingerprint density at radius 1 is 1.50 bits per heavy atom. The lowest BCUT2D eigenvalue weighted by molar-refractivity contribution is 0.143. The summed E-state index contributed by atoms with van der Waals surface area (Å²) in [5, 5.41) is 0. The van der Waals surface area contributed by atoms with Crippen molar-refractivity contribution >= 4 is 15.9 Å². The van der Waals surface area contributed by atoms with Gasteiger partial charge in [-0.2, -0.15) is 0 Å². The average Bonchev–Trinajstić information content (AvgIpc) is 2.09. The molecule has 0 aliphatic rings. The molecule has 0 aliphatic heterocycles. The highest BCUT2D eigenvalue weighted by Crippen LogP contribution is 2.20. The zero-order valence-corrected chi connectivity index (χ0v) is 8.37. The summed E-state index contributed by atoms with van der Waals surface area (Å²) in [5.74, 6) is 0.606. The third-order valence-corrected chi connectivity index (χ3v) is 1.85. The molecule has 0 aromatic carbocycles. The molecular formula is C8H10BrNO2. The molecule has 4 heteroatoms. The van der Waals surface area contributed by atoms with Crippen molar-refractivity contribution in [3.8, 4) is 5.88 Å². The summed E-state index contributed by atoms with van der Waals surface area (Å²) in [6.07, 6.45) is 1.69. The Kier molecular flexibility index (Phi) is 4.04. The fourth-order valence-corrected chi connectivity index (χ4v) is 1.07. The molecule has 0 fully saturated rings. The Balaban J connectivity index is 2.46. The first-order valence-corrected chi connectivity index (χ1v) is 4.36. The van der Waals surface area contributed by atoms with Gasteiger partial charge in [0.2, 0.25) is 5.88 Å². The lowest BCUT2D eigenvalue weighted by atomic mass is 10.5. The Hall–Kier alpha value is -0.610. The van der Waals surface area contributed by atoms with Gasteiger partial charge in [-0.05, 0) is 28.1 Å². The predicted molar refractivity (Wildman–Crippen MR) is 49.3 cm³/mol. The fraction of sp³-hybridized carbons (Fsp3) is 0.375. The van der Waals surface area contributed by atoms with Gasteiger partial charge in [0.25, 0.3) is 0 Å². The van der Waals surface area contributed by atoms with Crippen LogP contribution in [0.5, 0.6) is 5.88 Å². The quantitative estimate of drug-likeness (QED) is 0.742. The van der Waals surface area contributed by atoms with E-state index in [1.807, 2.05) is 12.1 Å². The third-order valence-electron chi connectivity index (χ3n) is 1.25. The maximum Gasteiger partial charge on any atom is 0.228 e. The van der Waals surface area contributed by atoms with Crippen LogP contribution in [0.25, 0.3) is 0 Å². The van der Waals surface area contributed by atoms with Crippen molar-refractivity contribution in [3.05, 3.63) is 22.8 Å². The van der Waals surface area contributed by atoms with Gasteiger partial charge < -0.3 is 9.47 Å². The molecule has 0 bridgehead atoms. The van der Waals surface area contributed by atoms with Crippen LogP contribution in [-0.2, 0) is 4.74 Å². The van der Waals surface area contributed by atoms with Gasteiger partial charge in [0.1, 0.15) is 6.61 Å². The number of ether oxygens (including phenoxy) is 2. The van der Waals surface area contributed by atoms with E-state index in [2.05, 4.69) is 20.9 Å². The summed E-state index contributed by atoms with van der Waals surface area (Å²) in [7, 11) is 1.64. The Bertz CT molecular complexity index is 242. The van der Waals surface area contributed by atoms with Crippen LogP contribution in [0.4, 0.5) is 0 Å². The smallest absolute Gasteiger partial charge is 0.228 e. The van der Waals surface area contributed by atoms with Crippen molar-refractivity contribution in [3.63, 3.8) is 0 Å². The maximum atomic E-state index is 5.29. The maximum absolute atomic E-state index is 5.29. The van der Waals surface area contributed by atoms with Crippen molar-refractivity contribution in [2.75, 3.05) is 20.3 Å². The molecule has 0 saturated heterocycles. The monoisotopic (exact) mass is 231 g/mol. The van der Waals surface area contributed by atoms with Crippen LogP contribution in [-0.4, -0.2) is 25.3 Å². The Labute approximate surface area is 79.8 Å². The standard InChI is InChI=1S/C8H10BrNO2/c1-11-5-6-12-8-7(9)3-2-4-10-8/h2-4H,5-6H2,1H3. The number of pyridine rings is 1. The van der Waals surface area contributed by atoms with Gasteiger partial charge >= 0.3 is 0 Å². The van der Waals surface area contributed by atoms with Gasteiger partial charge in [-0.25, -0.2) is 4.98 Å². The number of hydrogen-bond donors (Lipinski definition) is 0. The van der Waals surface area contributed by atoms with E-state index in [4.69, 9.17) is 9.47 Å². The second-order valence-corrected chi connectivity index (χ2v) is 2.99. The summed E-state index contributed by atoms with van der Waals surface area (Å²) in [6.45, 7) is 1.09. The van der Waals surface area contributed by atoms with Crippen molar-refractivity contribution in [2.24, 2.45) is 0 Å². The molecule has 0 saturated carbocycles. The lowest BCUT2D eigenvalue weighted by Gasteiger charge is -2.04. The molecule has 1 heterocycles. The van der Waals surface area contributed by atoms with E-state index in [9.17, 15) is 0 Å². The van der Waals surface area contributed by atoms with Gasteiger partial charge in [-0.3, -0.25) is 0 Å². The van der Waals surface area contributed by atoms with E-state index in [-0.39, 0.29) is 0 Å². The van der Waals surface area contributed by atoms with Crippen LogP contribution in [0.2, 0.25) is 0 Å². The number of aromatic nitrogens is 1. The summed E-state index contributed by atoms with van der Waals surface area (Å²) >= 11 is 3.32. The van der Waals surface area contributed by atoms with Crippen molar-refractivity contribution in [2.45, 2.75) is 0 Å². The second-order valence-electron chi connectivity index (χ2n) is 2.13. The lowest BCUT2D eigenvalue weighted by Crippen LogP contribution is -2.05. The molecule has 66 valence electrons. The number of methoxy groups -OCH3 is 1. The molecule has 1 rings (SSSR count). The molecule has 0 atom stereocenters. The average molecular weight is 232 g/mol. The molecule has 1 aromatic rings. The summed E-state index contributed by atoms with van der Waals surface area (Å²) < 4.78 is 11.0. The van der Waals surface area contributed by atoms with E-state index >= 15 is 0 Å². The molecule has 3 nitrogen and oxygen atoms in total. The number of nitrogens with zero attached hydrogens (tertiary/aromatic N) is 1. The van der Waals surface area contributed by atoms with Crippen LogP contribution >= 0.6 is 15.9 Å². The molecule has 0 N–H and O–H groups in total. The first-order chi connectivity index (χ1) is 5.84. The minimum absolute atomic E-state index is 0.520. The van der Waals surface area contributed by atoms with E-state index in [1.165, 1.54) is 0 Å². The highest BCUT2D eigenvalue weighted by atomic mass is 79.9. The molecule has 0 unspecified atom stereocenters. The van der Waals surface area contributed by atoms with Gasteiger partial charge in [0.15, 0.2) is 0 Å². The van der Waals surface area contributed by atoms with Crippen molar-refractivity contribution in [1.29, 1.82) is 0 Å². The van der Waals surface area contributed by atoms with Crippen molar-refractivity contribution in [1.82, 2.24) is 4.98 Å². The van der Waals surface area contributed by atoms with E-state index < -0.39 is 0 Å². The van der Waals surface area contributed by atoms with Crippen LogP contribution in [0.3, 0.4) is 0 Å². The normalized spacial score (nSPS) is 9.83. The first-order valence-electron chi connectivity index (χ1n) is 3.57. The minimum atomic E-state index is 0.520. The van der Waals surface area contributed by atoms with Crippen molar-refractivity contribution < 1.29 is 9.47 Å². The molecule has 12 heavy (non-hydrogen) atoms. The Morgan fingerprint density at radius 2 is 2.33 bits per heavy atom. The van der Waals surface area contributed by atoms with Gasteiger partial charge in [0.05, 0.1) is 11.1 Å². The zero-order valence-electron chi connectivity index (χ0n) is 6.79. The largest absolute Gasteiger partial charge is 0.474 e. The van der Waals surface area contributed by atoms with Crippen LogP contribution < -0.4 is 4.74 Å². The third kappa shape index (κ3) is 2.79. The van der Waals surface area contributed by atoms with E-state index in [1.54, 1.807) is 13.3 Å². The molecule has 0 amide bonds. The number of hydrogen-bond acceptors (Lipinski definition) is 3. The molecule has 0 aliphatic carbocycles. The molecule has 0 radical (unpaired) electrons. The molecule has 0 spiro atoms. The summed E-state index contributed by atoms with van der Waals surface area (Å²) in [6, 6.07) is 3.72. The van der Waals surface area contributed by atoms with E-state index in [0.29, 0.717) is 19.1 Å². The number of rotatable bonds is 4.